The molecule has 1 aliphatic heterocycles. The van der Waals surface area contributed by atoms with Crippen molar-refractivity contribution in [2.24, 2.45) is 11.8 Å². The third kappa shape index (κ3) is 2.08. The first kappa shape index (κ1) is 18.5. The quantitative estimate of drug-likeness (QED) is 0.670. The second-order valence-corrected chi connectivity index (χ2v) is 8.78. The minimum Gasteiger partial charge on any atom is -0.395 e. The third-order valence-electron chi connectivity index (χ3n) is 7.66. The van der Waals surface area contributed by atoms with E-state index in [1.165, 1.54) is 4.90 Å². The lowest BCUT2D eigenvalue weighted by Crippen LogP contribution is -2.55. The number of amides is 2. The molecular weight excluding hydrogens is 386 g/mol. The fourth-order valence-electron chi connectivity index (χ4n) is 6.46. The Morgan fingerprint density at radius 3 is 2.03 bits per heavy atom. The standard InChI is InChI=1S/C27H23NO3/c1-2-16-9-3-8-14-21(16)28-25(30)23-22-17-10-4-6-12-19(17)27(15-29,24(23)26(28)31)20-13-7-5-11-18(20)22/h3-14,22-24,29H,2,15H2,1H3/t22?,23-,24-,27?/m0/s1. The van der Waals surface area contributed by atoms with Crippen LogP contribution in [0.15, 0.2) is 72.8 Å². The molecule has 2 bridgehead atoms. The number of carbonyl (C=O) groups is 2. The van der Waals surface area contributed by atoms with Gasteiger partial charge in [0.2, 0.25) is 11.8 Å². The molecule has 1 fully saturated rings. The molecule has 0 unspecified atom stereocenters. The summed E-state index contributed by atoms with van der Waals surface area (Å²) in [7, 11) is 0. The van der Waals surface area contributed by atoms with Gasteiger partial charge in [-0.05, 0) is 40.3 Å². The molecule has 2 atom stereocenters. The summed E-state index contributed by atoms with van der Waals surface area (Å²) in [6.07, 6.45) is 0.734. The fraction of sp³-hybridized carbons (Fsp3) is 0.259. The summed E-state index contributed by atoms with van der Waals surface area (Å²) in [5.41, 5.74) is 4.82. The molecule has 0 saturated carbocycles. The van der Waals surface area contributed by atoms with Crippen molar-refractivity contribution in [2.45, 2.75) is 24.7 Å². The number of carbonyl (C=O) groups excluding carboxylic acids is 2. The van der Waals surface area contributed by atoms with Crippen molar-refractivity contribution in [1.82, 2.24) is 0 Å². The molecule has 1 N–H and O–H groups in total. The van der Waals surface area contributed by atoms with E-state index < -0.39 is 17.3 Å². The maximum Gasteiger partial charge on any atom is 0.239 e. The van der Waals surface area contributed by atoms with Crippen LogP contribution in [0.5, 0.6) is 0 Å². The highest BCUT2D eigenvalue weighted by atomic mass is 16.3. The topological polar surface area (TPSA) is 57.6 Å². The number of benzene rings is 3. The van der Waals surface area contributed by atoms with Crippen molar-refractivity contribution in [3.05, 3.63) is 101 Å². The van der Waals surface area contributed by atoms with Gasteiger partial charge in [0.15, 0.2) is 0 Å². The van der Waals surface area contributed by atoms with Gasteiger partial charge in [-0.3, -0.25) is 9.59 Å². The monoisotopic (exact) mass is 409 g/mol. The van der Waals surface area contributed by atoms with Crippen molar-refractivity contribution in [3.8, 4) is 0 Å². The first-order chi connectivity index (χ1) is 15.1. The van der Waals surface area contributed by atoms with E-state index in [1.807, 2.05) is 67.6 Å². The molecule has 154 valence electrons. The zero-order chi connectivity index (χ0) is 21.3. The summed E-state index contributed by atoms with van der Waals surface area (Å²) in [5.74, 6) is -1.64. The number of aliphatic hydroxyl groups is 1. The lowest BCUT2D eigenvalue weighted by Gasteiger charge is -2.53. The summed E-state index contributed by atoms with van der Waals surface area (Å²) in [5, 5.41) is 10.9. The van der Waals surface area contributed by atoms with Crippen LogP contribution in [0.4, 0.5) is 5.69 Å². The fourth-order valence-corrected chi connectivity index (χ4v) is 6.46. The van der Waals surface area contributed by atoms with Crippen molar-refractivity contribution >= 4 is 17.5 Å². The lowest BCUT2D eigenvalue weighted by molar-refractivity contribution is -0.124. The molecule has 1 heterocycles. The van der Waals surface area contributed by atoms with Crippen LogP contribution >= 0.6 is 0 Å². The number of rotatable bonds is 3. The van der Waals surface area contributed by atoms with Gasteiger partial charge < -0.3 is 5.11 Å². The van der Waals surface area contributed by atoms with Crippen molar-refractivity contribution in [1.29, 1.82) is 0 Å². The van der Waals surface area contributed by atoms with E-state index in [2.05, 4.69) is 12.1 Å². The number of aliphatic hydroxyl groups excluding tert-OH is 1. The van der Waals surface area contributed by atoms with Crippen molar-refractivity contribution in [3.63, 3.8) is 0 Å². The molecule has 4 heteroatoms. The summed E-state index contributed by atoms with van der Waals surface area (Å²) < 4.78 is 0. The minimum absolute atomic E-state index is 0.150. The van der Waals surface area contributed by atoms with Gasteiger partial charge in [0.05, 0.1) is 29.5 Å². The van der Waals surface area contributed by atoms with Gasteiger partial charge in [0, 0.05) is 5.92 Å². The highest BCUT2D eigenvalue weighted by Gasteiger charge is 2.68. The number of para-hydroxylation sites is 1. The second kappa shape index (κ2) is 6.38. The summed E-state index contributed by atoms with van der Waals surface area (Å²) in [6, 6.07) is 23.7. The predicted molar refractivity (Wildman–Crippen MR) is 118 cm³/mol. The van der Waals surface area contributed by atoms with E-state index in [0.717, 1.165) is 34.2 Å². The van der Waals surface area contributed by atoms with Crippen molar-refractivity contribution in [2.75, 3.05) is 11.5 Å². The van der Waals surface area contributed by atoms with Gasteiger partial charge in [-0.25, -0.2) is 4.90 Å². The highest BCUT2D eigenvalue weighted by Crippen LogP contribution is 2.64. The van der Waals surface area contributed by atoms with E-state index >= 15 is 0 Å². The maximum absolute atomic E-state index is 14.0. The summed E-state index contributed by atoms with van der Waals surface area (Å²) in [4.78, 5) is 29.3. The average molecular weight is 409 g/mol. The molecule has 3 aromatic carbocycles. The molecule has 3 aromatic rings. The summed E-state index contributed by atoms with van der Waals surface area (Å²) in [6.45, 7) is 1.82. The molecule has 0 radical (unpaired) electrons. The molecule has 7 rings (SSSR count). The Hall–Kier alpha value is -3.24. The van der Waals surface area contributed by atoms with Gasteiger partial charge in [-0.1, -0.05) is 73.7 Å². The van der Waals surface area contributed by atoms with E-state index in [4.69, 9.17) is 0 Å². The van der Waals surface area contributed by atoms with Gasteiger partial charge >= 0.3 is 0 Å². The Morgan fingerprint density at radius 2 is 1.42 bits per heavy atom. The number of aryl methyl sites for hydroxylation is 1. The van der Waals surface area contributed by atoms with Gasteiger partial charge in [-0.15, -0.1) is 0 Å². The van der Waals surface area contributed by atoms with Crippen molar-refractivity contribution < 1.29 is 14.7 Å². The van der Waals surface area contributed by atoms with Crippen LogP contribution in [0.1, 0.15) is 40.7 Å². The van der Waals surface area contributed by atoms with Crippen LogP contribution in [0.2, 0.25) is 0 Å². The largest absolute Gasteiger partial charge is 0.395 e. The number of imide groups is 1. The van der Waals surface area contributed by atoms with Gasteiger partial charge in [0.1, 0.15) is 0 Å². The lowest BCUT2D eigenvalue weighted by atomic mass is 9.47. The van der Waals surface area contributed by atoms with E-state index in [0.29, 0.717) is 5.69 Å². The first-order valence-corrected chi connectivity index (χ1v) is 10.9. The normalized spacial score (nSPS) is 27.8. The van der Waals surface area contributed by atoms with Crippen LogP contribution in [0, 0.1) is 11.8 Å². The Kier molecular flexibility index (Phi) is 3.81. The Bertz CT molecular complexity index is 1200. The molecule has 2 amide bonds. The van der Waals surface area contributed by atoms with Crippen LogP contribution < -0.4 is 4.90 Å². The number of hydrogen-bond donors (Lipinski definition) is 1. The summed E-state index contributed by atoms with van der Waals surface area (Å²) >= 11 is 0. The van der Waals surface area contributed by atoms with Crippen LogP contribution in [0.3, 0.4) is 0 Å². The molecule has 31 heavy (non-hydrogen) atoms. The smallest absolute Gasteiger partial charge is 0.239 e. The second-order valence-electron chi connectivity index (χ2n) is 8.78. The molecule has 0 aromatic heterocycles. The third-order valence-corrected chi connectivity index (χ3v) is 7.66. The van der Waals surface area contributed by atoms with E-state index in [-0.39, 0.29) is 24.3 Å². The minimum atomic E-state index is -0.907. The van der Waals surface area contributed by atoms with E-state index in [1.54, 1.807) is 0 Å². The molecular formula is C27H23NO3. The Balaban J connectivity index is 1.64. The van der Waals surface area contributed by atoms with Gasteiger partial charge in [-0.2, -0.15) is 0 Å². The zero-order valence-electron chi connectivity index (χ0n) is 17.3. The predicted octanol–water partition coefficient (Wildman–Crippen LogP) is 3.79. The maximum atomic E-state index is 14.0. The molecule has 0 spiro atoms. The molecule has 4 nitrogen and oxygen atoms in total. The molecule has 4 aliphatic rings. The Morgan fingerprint density at radius 1 is 0.839 bits per heavy atom. The van der Waals surface area contributed by atoms with Crippen LogP contribution in [-0.2, 0) is 21.4 Å². The Labute approximate surface area is 181 Å². The van der Waals surface area contributed by atoms with Gasteiger partial charge in [0.25, 0.3) is 0 Å². The number of anilines is 1. The zero-order valence-corrected chi connectivity index (χ0v) is 17.3. The highest BCUT2D eigenvalue weighted by molar-refractivity contribution is 6.24. The first-order valence-electron chi connectivity index (χ1n) is 10.9. The SMILES string of the molecule is CCc1ccccc1N1C(=O)[C@@H]2[C@@H](C1=O)C1c3ccccc3C2(CO)c2ccccc21. The van der Waals surface area contributed by atoms with Crippen LogP contribution in [0.25, 0.3) is 0 Å². The average Bonchev–Trinajstić information content (AvgIpc) is 3.09. The molecule has 1 saturated heterocycles. The molecule has 3 aliphatic carbocycles. The number of hydrogen-bond acceptors (Lipinski definition) is 3. The van der Waals surface area contributed by atoms with Crippen LogP contribution in [-0.4, -0.2) is 23.5 Å². The van der Waals surface area contributed by atoms with E-state index in [9.17, 15) is 14.7 Å². The number of nitrogens with zero attached hydrogens (tertiary/aromatic N) is 1.